The minimum absolute atomic E-state index is 0.0587. The molecule has 0 aliphatic carbocycles. The summed E-state index contributed by atoms with van der Waals surface area (Å²) in [7, 11) is 0. The maximum absolute atomic E-state index is 12.7. The van der Waals surface area contributed by atoms with E-state index in [-0.39, 0.29) is 18.6 Å². The zero-order valence-electron chi connectivity index (χ0n) is 19.2. The van der Waals surface area contributed by atoms with E-state index in [2.05, 4.69) is 19.1 Å². The van der Waals surface area contributed by atoms with E-state index < -0.39 is 0 Å². The molecule has 1 saturated heterocycles. The molecule has 2 rings (SSSR count). The molecule has 30 heavy (non-hydrogen) atoms. The first-order valence-electron chi connectivity index (χ1n) is 12.4. The molecule has 170 valence electrons. The Balaban J connectivity index is 1.78. The van der Waals surface area contributed by atoms with Gasteiger partial charge in [-0.25, -0.2) is 4.79 Å². The van der Waals surface area contributed by atoms with Gasteiger partial charge < -0.3 is 14.3 Å². The lowest BCUT2D eigenvalue weighted by Crippen LogP contribution is -2.62. The second kappa shape index (κ2) is 14.6. The molecule has 0 aromatic heterocycles. The van der Waals surface area contributed by atoms with Crippen molar-refractivity contribution in [2.45, 2.75) is 90.0 Å². The van der Waals surface area contributed by atoms with Crippen LogP contribution in [0.3, 0.4) is 0 Å². The normalized spacial score (nSPS) is 16.9. The van der Waals surface area contributed by atoms with Crippen LogP contribution in [0.2, 0.25) is 0 Å². The molecule has 1 aliphatic rings. The molecule has 1 atom stereocenters. The van der Waals surface area contributed by atoms with E-state index in [9.17, 15) is 9.90 Å². The van der Waals surface area contributed by atoms with Crippen LogP contribution in [0.5, 0.6) is 0 Å². The van der Waals surface area contributed by atoms with Gasteiger partial charge in [-0.05, 0) is 31.2 Å². The second-order valence-corrected chi connectivity index (χ2v) is 9.11. The average Bonchev–Trinajstić information content (AvgIpc) is 2.77. The van der Waals surface area contributed by atoms with Crippen molar-refractivity contribution in [2.24, 2.45) is 0 Å². The van der Waals surface area contributed by atoms with Gasteiger partial charge >= 0.3 is 5.97 Å². The Morgan fingerprint density at radius 3 is 2.23 bits per heavy atom. The minimum atomic E-state index is -0.0913. The van der Waals surface area contributed by atoms with Crippen LogP contribution in [-0.2, 0) is 16.0 Å². The predicted octanol–water partition coefficient (Wildman–Crippen LogP) is 5.27. The number of piperidine rings is 1. The largest absolute Gasteiger partial charge is 0.462 e. The highest BCUT2D eigenvalue weighted by molar-refractivity contribution is 5.70. The number of esters is 1. The monoisotopic (exact) mass is 418 g/mol. The number of benzene rings is 1. The number of quaternary nitrogens is 1. The van der Waals surface area contributed by atoms with Crippen molar-refractivity contribution >= 4 is 5.97 Å². The molecule has 0 saturated carbocycles. The Morgan fingerprint density at radius 2 is 1.60 bits per heavy atom. The molecule has 1 aromatic rings. The third kappa shape index (κ3) is 8.77. The molecule has 0 spiro atoms. The van der Waals surface area contributed by atoms with Crippen LogP contribution >= 0.6 is 0 Å². The summed E-state index contributed by atoms with van der Waals surface area (Å²) in [5.41, 5.74) is 1.23. The van der Waals surface area contributed by atoms with Gasteiger partial charge in [0.2, 0.25) is 0 Å². The van der Waals surface area contributed by atoms with Gasteiger partial charge in [-0.2, -0.15) is 0 Å². The maximum atomic E-state index is 12.7. The fourth-order valence-electron chi connectivity index (χ4n) is 4.84. The standard InChI is InChI=1S/C26H44NO3/c1-2-3-4-5-6-7-8-15-20-30-26(29)22-27(18-13-10-14-19-27)25(23-28)21-24-16-11-9-12-17-24/h9,11-12,16-17,25,28H,2-8,10,13-15,18-23H2,1H3/q+1/t25-/m1/s1. The summed E-state index contributed by atoms with van der Waals surface area (Å²) in [6.07, 6.45) is 14.2. The first-order chi connectivity index (χ1) is 14.7. The molecule has 4 nitrogen and oxygen atoms in total. The van der Waals surface area contributed by atoms with Crippen LogP contribution in [0.4, 0.5) is 0 Å². The molecule has 1 fully saturated rings. The summed E-state index contributed by atoms with van der Waals surface area (Å²) in [4.78, 5) is 12.7. The maximum Gasteiger partial charge on any atom is 0.361 e. The number of aliphatic hydroxyl groups is 1. The fourth-order valence-corrected chi connectivity index (χ4v) is 4.84. The molecule has 1 heterocycles. The number of likely N-dealkylation sites (tertiary alicyclic amines) is 1. The second-order valence-electron chi connectivity index (χ2n) is 9.11. The first-order valence-corrected chi connectivity index (χ1v) is 12.4. The molecule has 1 aliphatic heterocycles. The third-order valence-electron chi connectivity index (χ3n) is 6.71. The molecule has 4 heteroatoms. The van der Waals surface area contributed by atoms with Crippen molar-refractivity contribution < 1.29 is 19.1 Å². The number of hydrogen-bond donors (Lipinski definition) is 1. The Kier molecular flexibility index (Phi) is 12.1. The van der Waals surface area contributed by atoms with Gasteiger partial charge in [0.15, 0.2) is 6.54 Å². The number of ether oxygens (including phenoxy) is 1. The smallest absolute Gasteiger partial charge is 0.361 e. The van der Waals surface area contributed by atoms with Crippen LogP contribution < -0.4 is 0 Å². The molecular weight excluding hydrogens is 374 g/mol. The van der Waals surface area contributed by atoms with Crippen LogP contribution in [0, 0.1) is 0 Å². The Bertz CT molecular complexity index is 569. The summed E-state index contributed by atoms with van der Waals surface area (Å²) in [6.45, 7) is 5.22. The molecule has 0 radical (unpaired) electrons. The van der Waals surface area contributed by atoms with Gasteiger partial charge in [-0.1, -0.05) is 82.2 Å². The quantitative estimate of drug-likeness (QED) is 0.240. The van der Waals surface area contributed by atoms with Crippen LogP contribution in [0.1, 0.15) is 83.1 Å². The lowest BCUT2D eigenvalue weighted by molar-refractivity contribution is -0.949. The van der Waals surface area contributed by atoms with Crippen LogP contribution in [0.25, 0.3) is 0 Å². The number of hydrogen-bond acceptors (Lipinski definition) is 3. The molecule has 0 amide bonds. The Morgan fingerprint density at radius 1 is 0.967 bits per heavy atom. The van der Waals surface area contributed by atoms with Gasteiger partial charge in [-0.15, -0.1) is 0 Å². The minimum Gasteiger partial charge on any atom is -0.462 e. The van der Waals surface area contributed by atoms with Gasteiger partial charge in [0.1, 0.15) is 6.04 Å². The molecule has 1 N–H and O–H groups in total. The number of unbranched alkanes of at least 4 members (excludes halogenated alkanes) is 7. The van der Waals surface area contributed by atoms with E-state index in [4.69, 9.17) is 4.74 Å². The summed E-state index contributed by atoms with van der Waals surface area (Å²) in [5, 5.41) is 10.2. The van der Waals surface area contributed by atoms with Crippen LogP contribution in [-0.4, -0.2) is 54.4 Å². The van der Waals surface area contributed by atoms with E-state index in [0.717, 1.165) is 45.2 Å². The van der Waals surface area contributed by atoms with Crippen molar-refractivity contribution in [3.05, 3.63) is 35.9 Å². The van der Waals surface area contributed by atoms with Crippen molar-refractivity contribution in [1.29, 1.82) is 0 Å². The Labute approximate surface area is 184 Å². The number of rotatable bonds is 15. The highest BCUT2D eigenvalue weighted by atomic mass is 16.5. The van der Waals surface area contributed by atoms with E-state index in [1.54, 1.807) is 0 Å². The summed E-state index contributed by atoms with van der Waals surface area (Å²) in [5.74, 6) is -0.0913. The number of carbonyl (C=O) groups is 1. The van der Waals surface area contributed by atoms with Crippen LogP contribution in [0.15, 0.2) is 30.3 Å². The fraction of sp³-hybridized carbons (Fsp3) is 0.731. The van der Waals surface area contributed by atoms with E-state index in [1.807, 2.05) is 18.2 Å². The van der Waals surface area contributed by atoms with Crippen molar-refractivity contribution in [3.8, 4) is 0 Å². The lowest BCUT2D eigenvalue weighted by Gasteiger charge is -2.46. The number of nitrogens with zero attached hydrogens (tertiary/aromatic N) is 1. The number of carbonyl (C=O) groups excluding carboxylic acids is 1. The van der Waals surface area contributed by atoms with E-state index in [1.165, 1.54) is 50.5 Å². The van der Waals surface area contributed by atoms with Gasteiger partial charge in [0, 0.05) is 6.42 Å². The molecular formula is C26H44NO3+. The topological polar surface area (TPSA) is 46.5 Å². The summed E-state index contributed by atoms with van der Waals surface area (Å²) >= 11 is 0. The van der Waals surface area contributed by atoms with Crippen molar-refractivity contribution in [1.82, 2.24) is 0 Å². The first kappa shape index (κ1) is 24.9. The van der Waals surface area contributed by atoms with E-state index in [0.29, 0.717) is 17.6 Å². The highest BCUT2D eigenvalue weighted by Crippen LogP contribution is 2.25. The van der Waals surface area contributed by atoms with Gasteiger partial charge in [0.25, 0.3) is 0 Å². The lowest BCUT2D eigenvalue weighted by atomic mass is 9.98. The van der Waals surface area contributed by atoms with E-state index >= 15 is 0 Å². The number of aliphatic hydroxyl groups excluding tert-OH is 1. The third-order valence-corrected chi connectivity index (χ3v) is 6.71. The SMILES string of the molecule is CCCCCCCCCCOC(=O)C[N+]1([C@@H](CO)Cc2ccccc2)CCCCC1. The predicted molar refractivity (Wildman–Crippen MR) is 123 cm³/mol. The molecule has 0 unspecified atom stereocenters. The molecule has 0 bridgehead atoms. The van der Waals surface area contributed by atoms with Crippen molar-refractivity contribution in [3.63, 3.8) is 0 Å². The van der Waals surface area contributed by atoms with Gasteiger partial charge in [0.05, 0.1) is 26.3 Å². The van der Waals surface area contributed by atoms with Gasteiger partial charge in [-0.3, -0.25) is 0 Å². The highest BCUT2D eigenvalue weighted by Gasteiger charge is 2.40. The Hall–Kier alpha value is -1.39. The molecule has 1 aromatic carbocycles. The average molecular weight is 419 g/mol. The van der Waals surface area contributed by atoms with Crippen molar-refractivity contribution in [2.75, 3.05) is 32.8 Å². The summed E-state index contributed by atoms with van der Waals surface area (Å²) < 4.78 is 6.31. The zero-order valence-corrected chi connectivity index (χ0v) is 19.2. The summed E-state index contributed by atoms with van der Waals surface area (Å²) in [6, 6.07) is 10.4. The zero-order chi connectivity index (χ0) is 21.5.